The molecule has 10 heteroatoms. The molecule has 2 fully saturated rings. The Balaban J connectivity index is 1.03. The monoisotopic (exact) mass is 727 g/mol. The fourth-order valence-electron chi connectivity index (χ4n) is 8.32. The lowest BCUT2D eigenvalue weighted by molar-refractivity contribution is -0.139. The van der Waals surface area contributed by atoms with Crippen molar-refractivity contribution >= 4 is 34.4 Å². The van der Waals surface area contributed by atoms with E-state index in [4.69, 9.17) is 18.9 Å². The number of carbonyl (C=O) groups is 1. The highest BCUT2D eigenvalue weighted by Crippen LogP contribution is 2.51. The number of carboxylic acids is 1. The summed E-state index contributed by atoms with van der Waals surface area (Å²) in [6.45, 7) is 0. The first kappa shape index (κ1) is 33.4. The van der Waals surface area contributed by atoms with E-state index in [1.807, 2.05) is 37.4 Å². The molecule has 4 aliphatic rings. The lowest BCUT2D eigenvalue weighted by Gasteiger charge is -2.31. The van der Waals surface area contributed by atoms with Crippen LogP contribution in [0.25, 0.3) is 21.8 Å². The number of aromatic nitrogens is 1. The summed E-state index contributed by atoms with van der Waals surface area (Å²) < 4.78 is 28.2. The zero-order valence-electron chi connectivity index (χ0n) is 29.7. The van der Waals surface area contributed by atoms with E-state index in [2.05, 4.69) is 70.1 Å². The number of carboxylic acid groups (broad SMARTS) is 1. The van der Waals surface area contributed by atoms with Gasteiger partial charge in [-0.25, -0.2) is 0 Å². The predicted molar refractivity (Wildman–Crippen MR) is 203 cm³/mol. The van der Waals surface area contributed by atoms with Crippen molar-refractivity contribution in [2.24, 2.45) is 13.0 Å². The predicted octanol–water partition coefficient (Wildman–Crippen LogP) is 10.5. The largest absolute Gasteiger partial charge is 0.480 e. The Kier molecular flexibility index (Phi) is 8.34. The second-order valence-electron chi connectivity index (χ2n) is 14.6. The molecule has 3 aromatic carbocycles. The van der Waals surface area contributed by atoms with E-state index in [0.29, 0.717) is 0 Å². The summed E-state index contributed by atoms with van der Waals surface area (Å²) in [7, 11) is 2.04. The Labute approximate surface area is 312 Å². The van der Waals surface area contributed by atoms with Crippen LogP contribution in [-0.4, -0.2) is 27.2 Å². The SMILES string of the molecule is Cn1c(-c2ccc(N(c3ccc4c(c3)OC3(CCCCC3)O4)c3ccc4c(c3)OC3(CCCCC3)O4)cc2)ccc1-c1ccc(CC(C#N)C(=O)O)s1. The minimum atomic E-state index is -1.09. The molecule has 9 rings (SSSR count). The first-order valence-electron chi connectivity index (χ1n) is 18.6. The van der Waals surface area contributed by atoms with Gasteiger partial charge in [-0.3, -0.25) is 4.79 Å². The summed E-state index contributed by atoms with van der Waals surface area (Å²) in [4.78, 5) is 15.5. The molecule has 1 atom stereocenters. The van der Waals surface area contributed by atoms with Gasteiger partial charge < -0.3 is 33.5 Å². The molecule has 0 amide bonds. The van der Waals surface area contributed by atoms with Crippen LogP contribution in [0.3, 0.4) is 0 Å². The molecule has 0 saturated heterocycles. The maximum absolute atomic E-state index is 11.4. The van der Waals surface area contributed by atoms with Crippen LogP contribution in [0.1, 0.15) is 69.1 Å². The number of ether oxygens (including phenoxy) is 4. The van der Waals surface area contributed by atoms with Crippen LogP contribution in [-0.2, 0) is 18.3 Å². The van der Waals surface area contributed by atoms with Crippen LogP contribution >= 0.6 is 11.3 Å². The van der Waals surface area contributed by atoms with Gasteiger partial charge in [0.1, 0.15) is 5.92 Å². The van der Waals surface area contributed by atoms with Crippen molar-refractivity contribution in [3.63, 3.8) is 0 Å². The van der Waals surface area contributed by atoms with Gasteiger partial charge in [0.05, 0.1) is 28.0 Å². The first-order valence-corrected chi connectivity index (χ1v) is 19.4. The van der Waals surface area contributed by atoms with Crippen molar-refractivity contribution in [2.45, 2.75) is 82.2 Å². The Morgan fingerprint density at radius 2 is 1.26 bits per heavy atom. The van der Waals surface area contributed by atoms with E-state index >= 15 is 0 Å². The molecule has 2 spiro atoms. The maximum atomic E-state index is 11.4. The number of benzene rings is 3. The van der Waals surface area contributed by atoms with Gasteiger partial charge >= 0.3 is 5.97 Å². The average molecular weight is 728 g/mol. The second kappa shape index (κ2) is 13.2. The summed E-state index contributed by atoms with van der Waals surface area (Å²) in [5.41, 5.74) is 6.03. The van der Waals surface area contributed by atoms with Gasteiger partial charge in [0.2, 0.25) is 0 Å². The number of thiophene rings is 1. The highest BCUT2D eigenvalue weighted by molar-refractivity contribution is 7.15. The Morgan fingerprint density at radius 1 is 0.736 bits per heavy atom. The van der Waals surface area contributed by atoms with Gasteiger partial charge in [-0.2, -0.15) is 5.26 Å². The van der Waals surface area contributed by atoms with Crippen LogP contribution in [0.5, 0.6) is 23.0 Å². The number of hydrogen-bond acceptors (Lipinski definition) is 8. The number of fused-ring (bicyclic) bond motifs is 2. The molecule has 5 aromatic rings. The molecule has 2 aromatic heterocycles. The van der Waals surface area contributed by atoms with E-state index in [1.54, 1.807) is 0 Å². The average Bonchev–Trinajstić information content (AvgIpc) is 3.95. The van der Waals surface area contributed by atoms with Gasteiger partial charge in [0.15, 0.2) is 23.0 Å². The van der Waals surface area contributed by atoms with Crippen molar-refractivity contribution in [3.8, 4) is 50.9 Å². The van der Waals surface area contributed by atoms with Crippen LogP contribution in [0.2, 0.25) is 0 Å². The molecule has 2 aliphatic heterocycles. The third-order valence-electron chi connectivity index (χ3n) is 11.1. The standard InChI is InChI=1S/C43H41N3O6S/c1-45-34(15-16-35(45)40-19-14-33(53-40)24-29(27-44)41(47)48)28-8-10-30(11-9-28)46(31-12-17-36-38(25-31)51-42(49-36)20-4-2-5-21-42)32-13-18-37-39(26-32)52-43(50-37)22-6-3-7-23-43/h8-19,25-26,29H,2-7,20-24H2,1H3,(H,47,48). The number of nitrogens with zero attached hydrogens (tertiary/aromatic N) is 3. The minimum Gasteiger partial charge on any atom is -0.480 e. The summed E-state index contributed by atoms with van der Waals surface area (Å²) in [5, 5.41) is 18.6. The van der Waals surface area contributed by atoms with Crippen molar-refractivity contribution in [3.05, 3.63) is 89.8 Å². The molecular formula is C43H41N3O6S. The van der Waals surface area contributed by atoms with Crippen LogP contribution in [0.4, 0.5) is 17.1 Å². The van der Waals surface area contributed by atoms with Gasteiger partial charge in [0.25, 0.3) is 11.6 Å². The van der Waals surface area contributed by atoms with Gasteiger partial charge in [-0.05, 0) is 91.9 Å². The lowest BCUT2D eigenvalue weighted by atomic mass is 9.94. The highest BCUT2D eigenvalue weighted by atomic mass is 32.1. The summed E-state index contributed by atoms with van der Waals surface area (Å²) in [6, 6.07) is 31.0. The third kappa shape index (κ3) is 6.17. The number of hydrogen-bond donors (Lipinski definition) is 1. The maximum Gasteiger partial charge on any atom is 0.321 e. The summed E-state index contributed by atoms with van der Waals surface area (Å²) in [5.74, 6) is -0.146. The van der Waals surface area contributed by atoms with Crippen LogP contribution < -0.4 is 23.8 Å². The molecule has 270 valence electrons. The fourth-order valence-corrected chi connectivity index (χ4v) is 9.44. The topological polar surface area (TPSA) is 106 Å². The lowest BCUT2D eigenvalue weighted by Crippen LogP contribution is -2.40. The second-order valence-corrected chi connectivity index (χ2v) is 15.8. The molecule has 4 heterocycles. The zero-order chi connectivity index (χ0) is 36.2. The molecule has 1 unspecified atom stereocenters. The molecule has 9 nitrogen and oxygen atoms in total. The van der Waals surface area contributed by atoms with Gasteiger partial charge in [0, 0.05) is 67.5 Å². The number of aliphatic carboxylic acids is 1. The summed E-state index contributed by atoms with van der Waals surface area (Å²) in [6.07, 6.45) is 10.6. The van der Waals surface area contributed by atoms with Crippen molar-refractivity contribution < 1.29 is 28.8 Å². The van der Waals surface area contributed by atoms with Crippen LogP contribution in [0, 0.1) is 17.2 Å². The Bertz CT molecular complexity index is 2140. The van der Waals surface area contributed by atoms with Crippen molar-refractivity contribution in [1.82, 2.24) is 4.57 Å². The third-order valence-corrected chi connectivity index (χ3v) is 12.2. The van der Waals surface area contributed by atoms with Crippen molar-refractivity contribution in [2.75, 3.05) is 4.90 Å². The van der Waals surface area contributed by atoms with E-state index < -0.39 is 23.5 Å². The normalized spacial score (nSPS) is 18.2. The van der Waals surface area contributed by atoms with E-state index in [9.17, 15) is 15.2 Å². The molecule has 0 radical (unpaired) electrons. The van der Waals surface area contributed by atoms with Gasteiger partial charge in [-0.15, -0.1) is 11.3 Å². The Hall–Kier alpha value is -5.40. The molecule has 2 aliphatic carbocycles. The van der Waals surface area contributed by atoms with E-state index in [1.165, 1.54) is 24.2 Å². The quantitative estimate of drug-likeness (QED) is 0.168. The highest BCUT2D eigenvalue weighted by Gasteiger charge is 2.44. The van der Waals surface area contributed by atoms with Crippen LogP contribution in [0.15, 0.2) is 84.9 Å². The minimum absolute atomic E-state index is 0.195. The smallest absolute Gasteiger partial charge is 0.321 e. The fraction of sp³-hybridized carbons (Fsp3) is 0.349. The molecule has 1 N–H and O–H groups in total. The molecule has 2 saturated carbocycles. The number of nitriles is 1. The van der Waals surface area contributed by atoms with Crippen molar-refractivity contribution in [1.29, 1.82) is 5.26 Å². The first-order chi connectivity index (χ1) is 25.8. The molecular weight excluding hydrogens is 687 g/mol. The number of rotatable bonds is 8. The zero-order valence-corrected chi connectivity index (χ0v) is 30.5. The summed E-state index contributed by atoms with van der Waals surface area (Å²) >= 11 is 1.52. The van der Waals surface area contributed by atoms with E-state index in [0.717, 1.165) is 118 Å². The van der Waals surface area contributed by atoms with Gasteiger partial charge in [-0.1, -0.05) is 25.0 Å². The Morgan fingerprint density at radius 3 is 1.81 bits per heavy atom. The molecule has 0 bridgehead atoms. The van der Waals surface area contributed by atoms with E-state index in [-0.39, 0.29) is 6.42 Å². The molecule has 53 heavy (non-hydrogen) atoms. The number of anilines is 3.